The summed E-state index contributed by atoms with van der Waals surface area (Å²) in [5.41, 5.74) is -1.06. The van der Waals surface area contributed by atoms with Crippen LogP contribution in [0.4, 0.5) is 18.9 Å². The molecule has 6 nitrogen and oxygen atoms in total. The van der Waals surface area contributed by atoms with Crippen molar-refractivity contribution >= 4 is 49.3 Å². The monoisotopic (exact) mass is 497 g/mol. The lowest BCUT2D eigenvalue weighted by atomic mass is 10.2. The number of rotatable bonds is 4. The summed E-state index contributed by atoms with van der Waals surface area (Å²) in [5.74, 6) is 0.649. The van der Waals surface area contributed by atoms with Gasteiger partial charge in [-0.2, -0.15) is 29.2 Å². The van der Waals surface area contributed by atoms with E-state index in [0.29, 0.717) is 24.6 Å². The van der Waals surface area contributed by atoms with Crippen molar-refractivity contribution in [3.8, 4) is 0 Å². The first-order chi connectivity index (χ1) is 13.1. The first kappa shape index (κ1) is 21.2. The fourth-order valence-electron chi connectivity index (χ4n) is 2.61. The highest BCUT2D eigenvalue weighted by Crippen LogP contribution is 2.36. The number of aromatic amines is 1. The topological polar surface area (TPSA) is 82.3 Å². The lowest BCUT2D eigenvalue weighted by Gasteiger charge is -2.24. The number of carbonyl (C=O) groups excluding carboxylic acids is 1. The zero-order chi connectivity index (χ0) is 20.5. The minimum absolute atomic E-state index is 0.0589. The number of alkyl halides is 3. The molecule has 0 atom stereocenters. The number of halogens is 4. The van der Waals surface area contributed by atoms with E-state index in [2.05, 4.69) is 26.2 Å². The van der Waals surface area contributed by atoms with Gasteiger partial charge in [0.2, 0.25) is 10.0 Å². The van der Waals surface area contributed by atoms with Crippen LogP contribution in [0.2, 0.25) is 0 Å². The van der Waals surface area contributed by atoms with Crippen LogP contribution in [0.15, 0.2) is 39.8 Å². The molecule has 1 aromatic carbocycles. The average Bonchev–Trinajstić information content (AvgIpc) is 3.14. The number of hydrogen-bond donors (Lipinski definition) is 2. The maximum atomic E-state index is 13.0. The number of nitrogens with zero attached hydrogens (tertiary/aromatic N) is 1. The number of aromatic nitrogens is 1. The Bertz CT molecular complexity index is 987. The number of nitrogens with one attached hydrogen (secondary N) is 2. The minimum Gasteiger partial charge on any atom is -0.356 e. The van der Waals surface area contributed by atoms with Crippen molar-refractivity contribution in [1.29, 1.82) is 0 Å². The molecule has 1 fully saturated rings. The fraction of sp³-hybridized carbons (Fsp3) is 0.312. The molecule has 1 aliphatic rings. The number of sulfonamides is 1. The van der Waals surface area contributed by atoms with Crippen LogP contribution in [0.1, 0.15) is 16.1 Å². The van der Waals surface area contributed by atoms with Crippen molar-refractivity contribution in [3.05, 3.63) is 46.2 Å². The highest BCUT2D eigenvalue weighted by molar-refractivity contribution is 9.10. The SMILES string of the molecule is O=C(Nc1ccc(Br)c(C(F)(F)F)c1)c1cc(S(=O)(=O)N2CCSCC2)c[nH]1. The second kappa shape index (κ2) is 8.09. The first-order valence-corrected chi connectivity index (χ1v) is 11.4. The lowest BCUT2D eigenvalue weighted by molar-refractivity contribution is -0.138. The van der Waals surface area contributed by atoms with Crippen LogP contribution < -0.4 is 5.32 Å². The van der Waals surface area contributed by atoms with Gasteiger partial charge in [0.05, 0.1) is 5.56 Å². The third kappa shape index (κ3) is 4.56. The molecule has 1 saturated heterocycles. The predicted octanol–water partition coefficient (Wildman–Crippen LogP) is 3.79. The van der Waals surface area contributed by atoms with Crippen molar-refractivity contribution in [1.82, 2.24) is 9.29 Å². The van der Waals surface area contributed by atoms with E-state index in [1.54, 1.807) is 11.8 Å². The van der Waals surface area contributed by atoms with E-state index in [9.17, 15) is 26.4 Å². The van der Waals surface area contributed by atoms with Crippen LogP contribution in [-0.4, -0.2) is 48.2 Å². The van der Waals surface area contributed by atoms with Crippen molar-refractivity contribution in [3.63, 3.8) is 0 Å². The molecule has 0 bridgehead atoms. The summed E-state index contributed by atoms with van der Waals surface area (Å²) in [5, 5.41) is 2.34. The third-order valence-electron chi connectivity index (χ3n) is 4.04. The van der Waals surface area contributed by atoms with E-state index in [0.717, 1.165) is 6.07 Å². The Morgan fingerprint density at radius 3 is 2.54 bits per heavy atom. The van der Waals surface area contributed by atoms with E-state index in [4.69, 9.17) is 0 Å². The van der Waals surface area contributed by atoms with Gasteiger partial charge in [0.1, 0.15) is 10.6 Å². The zero-order valence-electron chi connectivity index (χ0n) is 14.2. The molecule has 28 heavy (non-hydrogen) atoms. The van der Waals surface area contributed by atoms with E-state index in [-0.39, 0.29) is 20.7 Å². The number of hydrogen-bond acceptors (Lipinski definition) is 4. The van der Waals surface area contributed by atoms with Crippen LogP contribution in [0.5, 0.6) is 0 Å². The van der Waals surface area contributed by atoms with Gasteiger partial charge in [0.15, 0.2) is 0 Å². The van der Waals surface area contributed by atoms with Gasteiger partial charge in [-0.1, -0.05) is 15.9 Å². The van der Waals surface area contributed by atoms with Crippen LogP contribution in [0.25, 0.3) is 0 Å². The molecule has 2 heterocycles. The Labute approximate surface area is 172 Å². The Morgan fingerprint density at radius 2 is 1.89 bits per heavy atom. The van der Waals surface area contributed by atoms with Gasteiger partial charge in [-0.15, -0.1) is 0 Å². The van der Waals surface area contributed by atoms with E-state index in [1.165, 1.54) is 28.7 Å². The molecule has 2 aromatic rings. The number of anilines is 1. The standard InChI is InChI=1S/C16H15BrF3N3O3S2/c17-13-2-1-10(7-12(13)16(18,19)20)22-15(24)14-8-11(9-21-14)28(25,26)23-3-5-27-6-4-23/h1-2,7-9,21H,3-6H2,(H,22,24). The number of amides is 1. The lowest BCUT2D eigenvalue weighted by Crippen LogP contribution is -2.37. The van der Waals surface area contributed by atoms with E-state index >= 15 is 0 Å². The van der Waals surface area contributed by atoms with Gasteiger partial charge < -0.3 is 10.3 Å². The number of thioether (sulfide) groups is 1. The van der Waals surface area contributed by atoms with Gasteiger partial charge in [0.25, 0.3) is 5.91 Å². The van der Waals surface area contributed by atoms with E-state index < -0.39 is 27.7 Å². The normalized spacial score (nSPS) is 16.1. The highest BCUT2D eigenvalue weighted by Gasteiger charge is 2.33. The summed E-state index contributed by atoms with van der Waals surface area (Å²) in [6.07, 6.45) is -3.38. The maximum Gasteiger partial charge on any atom is 0.417 e. The van der Waals surface area contributed by atoms with Crippen LogP contribution in [0, 0.1) is 0 Å². The van der Waals surface area contributed by atoms with Crippen LogP contribution >= 0.6 is 27.7 Å². The zero-order valence-corrected chi connectivity index (χ0v) is 17.4. The molecule has 2 N–H and O–H groups in total. The number of benzene rings is 1. The number of H-pyrrole nitrogens is 1. The summed E-state index contributed by atoms with van der Waals surface area (Å²) < 4.78 is 65.4. The van der Waals surface area contributed by atoms with Crippen molar-refractivity contribution in [2.24, 2.45) is 0 Å². The molecule has 3 rings (SSSR count). The summed E-state index contributed by atoms with van der Waals surface area (Å²) >= 11 is 4.49. The molecule has 0 spiro atoms. The molecule has 152 valence electrons. The van der Waals surface area contributed by atoms with E-state index in [1.807, 2.05) is 0 Å². The largest absolute Gasteiger partial charge is 0.417 e. The van der Waals surface area contributed by atoms with Crippen molar-refractivity contribution < 1.29 is 26.4 Å². The average molecular weight is 498 g/mol. The van der Waals surface area contributed by atoms with Gasteiger partial charge >= 0.3 is 6.18 Å². The molecule has 0 radical (unpaired) electrons. The van der Waals surface area contributed by atoms with Crippen LogP contribution in [-0.2, 0) is 16.2 Å². The van der Waals surface area contributed by atoms with Gasteiger partial charge in [-0.25, -0.2) is 8.42 Å². The molecule has 1 aromatic heterocycles. The molecule has 0 saturated carbocycles. The highest BCUT2D eigenvalue weighted by atomic mass is 79.9. The summed E-state index contributed by atoms with van der Waals surface area (Å²) in [7, 11) is -3.73. The molecular formula is C16H15BrF3N3O3S2. The molecule has 1 amide bonds. The molecule has 1 aliphatic heterocycles. The van der Waals surface area contributed by atoms with Crippen LogP contribution in [0.3, 0.4) is 0 Å². The smallest absolute Gasteiger partial charge is 0.356 e. The molecular weight excluding hydrogens is 483 g/mol. The fourth-order valence-corrected chi connectivity index (χ4v) is 5.65. The first-order valence-electron chi connectivity index (χ1n) is 8.03. The Balaban J connectivity index is 1.78. The second-order valence-electron chi connectivity index (χ2n) is 5.91. The second-order valence-corrected chi connectivity index (χ2v) is 9.93. The Kier molecular flexibility index (Phi) is 6.13. The molecule has 0 unspecified atom stereocenters. The van der Waals surface area contributed by atoms with Gasteiger partial charge in [-0.3, -0.25) is 4.79 Å². The molecule has 12 heteroatoms. The van der Waals surface area contributed by atoms with Crippen molar-refractivity contribution in [2.75, 3.05) is 29.9 Å². The quantitative estimate of drug-likeness (QED) is 0.673. The predicted molar refractivity (Wildman–Crippen MR) is 104 cm³/mol. The van der Waals surface area contributed by atoms with Crippen molar-refractivity contribution in [2.45, 2.75) is 11.1 Å². The number of carbonyl (C=O) groups is 1. The summed E-state index contributed by atoms with van der Waals surface area (Å²) in [6.45, 7) is 0.775. The van der Waals surface area contributed by atoms with Gasteiger partial charge in [0, 0.05) is 41.0 Å². The van der Waals surface area contributed by atoms with Gasteiger partial charge in [-0.05, 0) is 24.3 Å². The maximum absolute atomic E-state index is 13.0. The third-order valence-corrected chi connectivity index (χ3v) is 7.55. The Hall–Kier alpha value is -1.50. The summed E-state index contributed by atoms with van der Waals surface area (Å²) in [6, 6.07) is 4.46. The minimum atomic E-state index is -4.58. The Morgan fingerprint density at radius 1 is 1.21 bits per heavy atom. The summed E-state index contributed by atoms with van der Waals surface area (Å²) in [4.78, 5) is 14.8. The molecule has 0 aliphatic carbocycles.